The second-order valence-corrected chi connectivity index (χ2v) is 4.85. The molecule has 0 aromatic heterocycles. The minimum atomic E-state index is -0.880. The summed E-state index contributed by atoms with van der Waals surface area (Å²) in [5.41, 5.74) is 0. The normalized spacial score (nSPS) is 19.3. The van der Waals surface area contributed by atoms with Crippen molar-refractivity contribution in [1.29, 1.82) is 0 Å². The summed E-state index contributed by atoms with van der Waals surface area (Å²) in [6, 6.07) is -0.550. The number of likely N-dealkylation sites (tertiary alicyclic amines) is 1. The molecule has 3 N–H and O–H groups in total. The first kappa shape index (κ1) is 16.1. The molecule has 0 aromatic rings. The zero-order valence-electron chi connectivity index (χ0n) is 11.7. The molecule has 0 spiro atoms. The molecule has 0 aromatic carbocycles. The topological polar surface area (TPSA) is 108 Å². The van der Waals surface area contributed by atoms with Crippen molar-refractivity contribution in [1.82, 2.24) is 15.5 Å². The van der Waals surface area contributed by atoms with Crippen LogP contribution < -0.4 is 10.6 Å². The molecule has 20 heavy (non-hydrogen) atoms. The zero-order chi connectivity index (χ0) is 15.1. The molecule has 1 heterocycles. The molecule has 0 saturated carbocycles. The number of carbonyl (C=O) groups excluding carboxylic acids is 2. The number of alkyl carbamates (subject to hydrolysis) is 1. The monoisotopic (exact) mass is 287 g/mol. The fraction of sp³-hybridized carbons (Fsp3) is 0.750. The van der Waals surface area contributed by atoms with Crippen molar-refractivity contribution >= 4 is 18.1 Å². The average Bonchev–Trinajstić information content (AvgIpc) is 2.84. The maximum absolute atomic E-state index is 11.9. The van der Waals surface area contributed by atoms with Gasteiger partial charge in [-0.15, -0.1) is 0 Å². The first-order valence-electron chi connectivity index (χ1n) is 6.54. The van der Waals surface area contributed by atoms with Gasteiger partial charge in [0, 0.05) is 25.6 Å². The van der Waals surface area contributed by atoms with Gasteiger partial charge < -0.3 is 25.4 Å². The van der Waals surface area contributed by atoms with Gasteiger partial charge in [-0.1, -0.05) is 0 Å². The van der Waals surface area contributed by atoms with E-state index in [9.17, 15) is 14.4 Å². The molecular formula is C12H21N3O5. The first-order chi connectivity index (χ1) is 9.42. The second kappa shape index (κ2) is 7.56. The molecule has 1 aliphatic heterocycles. The van der Waals surface area contributed by atoms with Crippen LogP contribution in [0.15, 0.2) is 0 Å². The molecule has 2 atom stereocenters. The van der Waals surface area contributed by atoms with Gasteiger partial charge in [0.05, 0.1) is 13.2 Å². The number of carbonyl (C=O) groups is 3. The third kappa shape index (κ3) is 5.33. The van der Waals surface area contributed by atoms with Crippen molar-refractivity contribution < 1.29 is 24.2 Å². The molecule has 0 bridgehead atoms. The van der Waals surface area contributed by atoms with Gasteiger partial charge in [-0.2, -0.15) is 0 Å². The standard InChI is InChI=1S/C12H21N3O5/c1-8(3-4-10(16)17)13-11(18)15-6-5-9(7-15)14-12(19)20-2/h8-9H,3-7H2,1-2H3,(H,13,18)(H,14,19)(H,16,17). The average molecular weight is 287 g/mol. The van der Waals surface area contributed by atoms with E-state index >= 15 is 0 Å². The van der Waals surface area contributed by atoms with Gasteiger partial charge in [-0.3, -0.25) is 4.79 Å². The largest absolute Gasteiger partial charge is 0.481 e. The van der Waals surface area contributed by atoms with Gasteiger partial charge in [0.25, 0.3) is 0 Å². The van der Waals surface area contributed by atoms with Crippen molar-refractivity contribution in [2.24, 2.45) is 0 Å². The van der Waals surface area contributed by atoms with Crippen LogP contribution in [0.5, 0.6) is 0 Å². The molecule has 1 fully saturated rings. The summed E-state index contributed by atoms with van der Waals surface area (Å²) >= 11 is 0. The molecule has 1 aliphatic rings. The fourth-order valence-corrected chi connectivity index (χ4v) is 2.00. The number of hydrogen-bond acceptors (Lipinski definition) is 4. The Hall–Kier alpha value is -1.99. The molecule has 1 saturated heterocycles. The smallest absolute Gasteiger partial charge is 0.407 e. The molecule has 1 rings (SSSR count). The summed E-state index contributed by atoms with van der Waals surface area (Å²) in [6.45, 7) is 2.74. The van der Waals surface area contributed by atoms with Crippen LogP contribution in [0.1, 0.15) is 26.2 Å². The van der Waals surface area contributed by atoms with E-state index in [1.165, 1.54) is 7.11 Å². The Balaban J connectivity index is 2.31. The van der Waals surface area contributed by atoms with Gasteiger partial charge in [0.15, 0.2) is 0 Å². The van der Waals surface area contributed by atoms with Crippen LogP contribution in [0, 0.1) is 0 Å². The van der Waals surface area contributed by atoms with Crippen molar-refractivity contribution in [2.75, 3.05) is 20.2 Å². The number of methoxy groups -OCH3 is 1. The Kier molecular flexibility index (Phi) is 6.08. The van der Waals surface area contributed by atoms with Gasteiger partial charge in [-0.05, 0) is 19.8 Å². The van der Waals surface area contributed by atoms with Gasteiger partial charge in [-0.25, -0.2) is 9.59 Å². The molecule has 8 heteroatoms. The van der Waals surface area contributed by atoms with E-state index in [1.807, 2.05) is 0 Å². The molecular weight excluding hydrogens is 266 g/mol. The third-order valence-corrected chi connectivity index (χ3v) is 3.14. The number of rotatable bonds is 5. The third-order valence-electron chi connectivity index (χ3n) is 3.14. The van der Waals surface area contributed by atoms with Crippen LogP contribution >= 0.6 is 0 Å². The summed E-state index contributed by atoms with van der Waals surface area (Å²) in [6.07, 6.45) is 0.575. The Bertz CT molecular complexity index is 374. The number of hydrogen-bond donors (Lipinski definition) is 3. The van der Waals surface area contributed by atoms with Gasteiger partial charge in [0.2, 0.25) is 0 Å². The Labute approximate surface area is 117 Å². The first-order valence-corrected chi connectivity index (χ1v) is 6.54. The van der Waals surface area contributed by atoms with Crippen LogP contribution in [-0.2, 0) is 9.53 Å². The Morgan fingerprint density at radius 1 is 1.45 bits per heavy atom. The summed E-state index contributed by atoms with van der Waals surface area (Å²) in [5, 5.41) is 14.0. The lowest BCUT2D eigenvalue weighted by Crippen LogP contribution is -2.44. The van der Waals surface area contributed by atoms with E-state index in [4.69, 9.17) is 5.11 Å². The lowest BCUT2D eigenvalue weighted by Gasteiger charge is -2.20. The number of carboxylic acid groups (broad SMARTS) is 1. The predicted molar refractivity (Wildman–Crippen MR) is 70.4 cm³/mol. The van der Waals surface area contributed by atoms with E-state index in [1.54, 1.807) is 11.8 Å². The molecule has 8 nitrogen and oxygen atoms in total. The van der Waals surface area contributed by atoms with E-state index in [-0.39, 0.29) is 24.5 Å². The lowest BCUT2D eigenvalue weighted by atomic mass is 10.2. The Morgan fingerprint density at radius 3 is 2.75 bits per heavy atom. The second-order valence-electron chi connectivity index (χ2n) is 4.85. The van der Waals surface area contributed by atoms with Crippen molar-refractivity contribution in [3.63, 3.8) is 0 Å². The van der Waals surface area contributed by atoms with Gasteiger partial charge >= 0.3 is 18.1 Å². The van der Waals surface area contributed by atoms with Crippen molar-refractivity contribution in [3.05, 3.63) is 0 Å². The van der Waals surface area contributed by atoms with E-state index in [0.717, 1.165) is 0 Å². The molecule has 0 aliphatic carbocycles. The number of nitrogens with one attached hydrogen (secondary N) is 2. The lowest BCUT2D eigenvalue weighted by molar-refractivity contribution is -0.137. The minimum absolute atomic E-state index is 0.0218. The van der Waals surface area contributed by atoms with E-state index in [2.05, 4.69) is 15.4 Å². The zero-order valence-corrected chi connectivity index (χ0v) is 11.7. The number of aliphatic carboxylic acids is 1. The van der Waals surface area contributed by atoms with Crippen LogP contribution in [0.4, 0.5) is 9.59 Å². The summed E-state index contributed by atoms with van der Waals surface area (Å²) < 4.78 is 4.50. The number of nitrogens with zero attached hydrogens (tertiary/aromatic N) is 1. The highest BCUT2D eigenvalue weighted by Gasteiger charge is 2.28. The molecule has 0 radical (unpaired) electrons. The highest BCUT2D eigenvalue weighted by molar-refractivity contribution is 5.75. The maximum atomic E-state index is 11.9. The number of amides is 3. The fourth-order valence-electron chi connectivity index (χ4n) is 2.00. The minimum Gasteiger partial charge on any atom is -0.481 e. The van der Waals surface area contributed by atoms with Crippen LogP contribution in [0.3, 0.4) is 0 Å². The molecule has 3 amide bonds. The molecule has 2 unspecified atom stereocenters. The van der Waals surface area contributed by atoms with Crippen molar-refractivity contribution in [3.8, 4) is 0 Å². The number of carboxylic acids is 1. The van der Waals surface area contributed by atoms with Crippen LogP contribution in [0.25, 0.3) is 0 Å². The summed E-state index contributed by atoms with van der Waals surface area (Å²) in [4.78, 5) is 35.0. The molecule has 114 valence electrons. The van der Waals surface area contributed by atoms with Crippen LogP contribution in [0.2, 0.25) is 0 Å². The van der Waals surface area contributed by atoms with E-state index < -0.39 is 12.1 Å². The SMILES string of the molecule is COC(=O)NC1CCN(C(=O)NC(C)CCC(=O)O)C1. The Morgan fingerprint density at radius 2 is 2.15 bits per heavy atom. The number of ether oxygens (including phenoxy) is 1. The maximum Gasteiger partial charge on any atom is 0.407 e. The highest BCUT2D eigenvalue weighted by atomic mass is 16.5. The van der Waals surface area contributed by atoms with Crippen molar-refractivity contribution in [2.45, 2.75) is 38.3 Å². The summed E-state index contributed by atoms with van der Waals surface area (Å²) in [7, 11) is 1.29. The predicted octanol–water partition coefficient (Wildman–Crippen LogP) is 0.380. The van der Waals surface area contributed by atoms with Gasteiger partial charge in [0.1, 0.15) is 0 Å². The number of urea groups is 1. The van der Waals surface area contributed by atoms with Crippen LogP contribution in [-0.4, -0.2) is 60.4 Å². The highest BCUT2D eigenvalue weighted by Crippen LogP contribution is 2.10. The summed E-state index contributed by atoms with van der Waals surface area (Å²) in [5.74, 6) is -0.880. The van der Waals surface area contributed by atoms with E-state index in [0.29, 0.717) is 25.9 Å². The quantitative estimate of drug-likeness (QED) is 0.677.